The van der Waals surface area contributed by atoms with Gasteiger partial charge in [-0.05, 0) is 42.8 Å². The SMILES string of the molecule is CCOc1ccc(CNc2c(C(=O)O)c(Cl)nc3ccc(C#N)cc23)cc1Cl. The van der Waals surface area contributed by atoms with Gasteiger partial charge in [-0.1, -0.05) is 29.3 Å². The number of rotatable bonds is 6. The number of carboxylic acid groups (broad SMARTS) is 1. The molecule has 2 N–H and O–H groups in total. The fourth-order valence-corrected chi connectivity index (χ4v) is 3.32. The van der Waals surface area contributed by atoms with Crippen LogP contribution >= 0.6 is 23.2 Å². The van der Waals surface area contributed by atoms with Gasteiger partial charge in [-0.15, -0.1) is 0 Å². The van der Waals surface area contributed by atoms with E-state index in [4.69, 9.17) is 33.2 Å². The molecule has 6 nitrogen and oxygen atoms in total. The summed E-state index contributed by atoms with van der Waals surface area (Å²) in [5.41, 5.74) is 1.84. The molecule has 0 unspecified atom stereocenters. The van der Waals surface area contributed by atoms with Gasteiger partial charge in [0.1, 0.15) is 16.5 Å². The molecule has 3 rings (SSSR count). The number of hydrogen-bond acceptors (Lipinski definition) is 5. The van der Waals surface area contributed by atoms with Gasteiger partial charge in [0, 0.05) is 11.9 Å². The molecule has 0 aliphatic heterocycles. The van der Waals surface area contributed by atoms with Crippen molar-refractivity contribution in [2.24, 2.45) is 0 Å². The van der Waals surface area contributed by atoms with Crippen LogP contribution in [0.3, 0.4) is 0 Å². The second kappa shape index (κ2) is 8.34. The minimum atomic E-state index is -1.21. The fraction of sp³-hybridized carbons (Fsp3) is 0.150. The summed E-state index contributed by atoms with van der Waals surface area (Å²) in [6.45, 7) is 2.66. The summed E-state index contributed by atoms with van der Waals surface area (Å²) in [5, 5.41) is 22.7. The predicted molar refractivity (Wildman–Crippen MR) is 108 cm³/mol. The van der Waals surface area contributed by atoms with Gasteiger partial charge >= 0.3 is 5.97 Å². The van der Waals surface area contributed by atoms with Gasteiger partial charge in [-0.25, -0.2) is 9.78 Å². The van der Waals surface area contributed by atoms with E-state index < -0.39 is 5.97 Å². The van der Waals surface area contributed by atoms with Crippen LogP contribution in [-0.4, -0.2) is 22.7 Å². The summed E-state index contributed by atoms with van der Waals surface area (Å²) >= 11 is 12.3. The molecule has 1 heterocycles. The lowest BCUT2D eigenvalue weighted by Crippen LogP contribution is -2.09. The number of hydrogen-bond donors (Lipinski definition) is 2. The van der Waals surface area contributed by atoms with Crippen molar-refractivity contribution in [1.82, 2.24) is 4.98 Å². The zero-order valence-electron chi connectivity index (χ0n) is 14.8. The molecule has 0 amide bonds. The van der Waals surface area contributed by atoms with Crippen molar-refractivity contribution in [3.63, 3.8) is 0 Å². The normalized spacial score (nSPS) is 10.5. The third kappa shape index (κ3) is 3.96. The maximum Gasteiger partial charge on any atom is 0.340 e. The van der Waals surface area contributed by atoms with E-state index in [1.807, 2.05) is 19.1 Å². The maximum absolute atomic E-state index is 11.8. The monoisotopic (exact) mass is 415 g/mol. The van der Waals surface area contributed by atoms with Crippen LogP contribution in [0.1, 0.15) is 28.4 Å². The average molecular weight is 416 g/mol. The molecule has 8 heteroatoms. The van der Waals surface area contributed by atoms with E-state index in [9.17, 15) is 9.90 Å². The molecule has 0 bridgehead atoms. The maximum atomic E-state index is 11.8. The van der Waals surface area contributed by atoms with Crippen molar-refractivity contribution in [1.29, 1.82) is 5.26 Å². The van der Waals surface area contributed by atoms with Gasteiger partial charge in [0.25, 0.3) is 0 Å². The number of ether oxygens (including phenoxy) is 1. The van der Waals surface area contributed by atoms with E-state index in [0.29, 0.717) is 46.1 Å². The molecule has 0 atom stereocenters. The zero-order valence-corrected chi connectivity index (χ0v) is 16.3. The number of nitrogens with one attached hydrogen (secondary N) is 1. The number of aromatic carboxylic acids is 1. The van der Waals surface area contributed by atoms with Crippen molar-refractivity contribution in [3.05, 3.63) is 63.3 Å². The van der Waals surface area contributed by atoms with Crippen molar-refractivity contribution in [3.8, 4) is 11.8 Å². The van der Waals surface area contributed by atoms with Gasteiger partial charge < -0.3 is 15.2 Å². The Balaban J connectivity index is 2.03. The minimum absolute atomic E-state index is 0.128. The van der Waals surface area contributed by atoms with Crippen molar-refractivity contribution < 1.29 is 14.6 Å². The predicted octanol–water partition coefficient (Wildman–Crippen LogP) is 5.12. The molecular weight excluding hydrogens is 401 g/mol. The molecule has 28 heavy (non-hydrogen) atoms. The van der Waals surface area contributed by atoms with Crippen LogP contribution in [0, 0.1) is 11.3 Å². The fourth-order valence-electron chi connectivity index (χ4n) is 2.80. The summed E-state index contributed by atoms with van der Waals surface area (Å²) in [6, 6.07) is 12.2. The largest absolute Gasteiger partial charge is 0.492 e. The number of fused-ring (bicyclic) bond motifs is 1. The van der Waals surface area contributed by atoms with Gasteiger partial charge in [-0.2, -0.15) is 5.26 Å². The Bertz CT molecular complexity index is 1110. The molecule has 0 fully saturated rings. The first-order valence-corrected chi connectivity index (χ1v) is 9.12. The lowest BCUT2D eigenvalue weighted by Gasteiger charge is -2.15. The number of nitriles is 1. The number of nitrogens with zero attached hydrogens (tertiary/aromatic N) is 2. The molecule has 2 aromatic carbocycles. The second-order valence-electron chi connectivity index (χ2n) is 5.85. The van der Waals surface area contributed by atoms with Gasteiger partial charge in [0.05, 0.1) is 34.5 Å². The lowest BCUT2D eigenvalue weighted by atomic mass is 10.1. The van der Waals surface area contributed by atoms with E-state index in [1.165, 1.54) is 0 Å². The molecule has 0 radical (unpaired) electrons. The molecule has 0 saturated carbocycles. The Labute approximate surface area is 171 Å². The summed E-state index contributed by atoms with van der Waals surface area (Å²) in [4.78, 5) is 15.9. The highest BCUT2D eigenvalue weighted by Crippen LogP contribution is 2.33. The molecule has 0 aliphatic carbocycles. The number of aromatic nitrogens is 1. The van der Waals surface area contributed by atoms with Crippen LogP contribution < -0.4 is 10.1 Å². The quantitative estimate of drug-likeness (QED) is 0.542. The van der Waals surface area contributed by atoms with Crippen LogP contribution in [-0.2, 0) is 6.54 Å². The lowest BCUT2D eigenvalue weighted by molar-refractivity contribution is 0.0698. The minimum Gasteiger partial charge on any atom is -0.492 e. The third-order valence-corrected chi connectivity index (χ3v) is 4.62. The number of carbonyl (C=O) groups is 1. The Morgan fingerprint density at radius 1 is 1.29 bits per heavy atom. The van der Waals surface area contributed by atoms with Gasteiger partial charge in [0.15, 0.2) is 0 Å². The highest BCUT2D eigenvalue weighted by Gasteiger charge is 2.20. The molecule has 142 valence electrons. The van der Waals surface area contributed by atoms with E-state index in [1.54, 1.807) is 30.3 Å². The standard InChI is InChI=1S/C20H15Cl2N3O3/c1-2-28-16-6-4-12(8-14(16)21)10-24-18-13-7-11(9-23)3-5-15(13)25-19(22)17(18)20(26)27/h3-8H,2,10H2,1H3,(H,24,25)(H,26,27). The van der Waals surface area contributed by atoms with Crippen LogP contribution in [0.4, 0.5) is 5.69 Å². The summed E-state index contributed by atoms with van der Waals surface area (Å²) in [5.74, 6) is -0.635. The first-order chi connectivity index (χ1) is 13.4. The van der Waals surface area contributed by atoms with Crippen molar-refractivity contribution in [2.75, 3.05) is 11.9 Å². The highest BCUT2D eigenvalue weighted by atomic mass is 35.5. The van der Waals surface area contributed by atoms with E-state index in [0.717, 1.165) is 5.56 Å². The van der Waals surface area contributed by atoms with E-state index in [-0.39, 0.29) is 10.7 Å². The average Bonchev–Trinajstić information content (AvgIpc) is 2.67. The Kier molecular flexibility index (Phi) is 5.88. The van der Waals surface area contributed by atoms with E-state index in [2.05, 4.69) is 10.3 Å². The Hall–Kier alpha value is -3.01. The Morgan fingerprint density at radius 2 is 2.07 bits per heavy atom. The molecule has 0 aliphatic rings. The van der Waals surface area contributed by atoms with Crippen LogP contribution in [0.25, 0.3) is 10.9 Å². The first-order valence-electron chi connectivity index (χ1n) is 8.36. The second-order valence-corrected chi connectivity index (χ2v) is 6.62. The number of carboxylic acids is 1. The van der Waals surface area contributed by atoms with E-state index >= 15 is 0 Å². The van der Waals surface area contributed by atoms with Crippen molar-refractivity contribution in [2.45, 2.75) is 13.5 Å². The molecule has 1 aromatic heterocycles. The molecule has 0 saturated heterocycles. The summed E-state index contributed by atoms with van der Waals surface area (Å²) in [7, 11) is 0. The van der Waals surface area contributed by atoms with Crippen molar-refractivity contribution >= 4 is 45.8 Å². The number of benzene rings is 2. The molecule has 3 aromatic rings. The summed E-state index contributed by atoms with van der Waals surface area (Å²) < 4.78 is 5.42. The summed E-state index contributed by atoms with van der Waals surface area (Å²) in [6.07, 6.45) is 0. The first kappa shape index (κ1) is 19.7. The zero-order chi connectivity index (χ0) is 20.3. The number of anilines is 1. The van der Waals surface area contributed by atoms with Crippen LogP contribution in [0.2, 0.25) is 10.2 Å². The molecular formula is C20H15Cl2N3O3. The molecule has 0 spiro atoms. The number of pyridine rings is 1. The third-order valence-electron chi connectivity index (χ3n) is 4.05. The highest BCUT2D eigenvalue weighted by molar-refractivity contribution is 6.34. The smallest absolute Gasteiger partial charge is 0.340 e. The van der Waals surface area contributed by atoms with Gasteiger partial charge in [0.2, 0.25) is 0 Å². The Morgan fingerprint density at radius 3 is 2.71 bits per heavy atom. The van der Waals surface area contributed by atoms with Crippen LogP contribution in [0.5, 0.6) is 5.75 Å². The topological polar surface area (TPSA) is 95.2 Å². The number of halogens is 2. The van der Waals surface area contributed by atoms with Crippen LogP contribution in [0.15, 0.2) is 36.4 Å². The van der Waals surface area contributed by atoms with Gasteiger partial charge in [-0.3, -0.25) is 0 Å².